The van der Waals surface area contributed by atoms with E-state index in [1.807, 2.05) is 49.7 Å². The van der Waals surface area contributed by atoms with Crippen molar-refractivity contribution in [2.75, 3.05) is 0 Å². The molecule has 2 aromatic rings. The normalized spacial score (nSPS) is 10.4. The molecule has 16 heavy (non-hydrogen) atoms. The zero-order valence-electron chi connectivity index (χ0n) is 9.77. The first-order valence-electron chi connectivity index (χ1n) is 5.22. The third-order valence-corrected chi connectivity index (χ3v) is 2.32. The molecular formula is C12H15N3O. The highest BCUT2D eigenvalue weighted by Gasteiger charge is 2.06. The topological polar surface area (TPSA) is 39.4 Å². The van der Waals surface area contributed by atoms with E-state index in [9.17, 15) is 0 Å². The number of aryl methyl sites for hydroxylation is 1. The van der Waals surface area contributed by atoms with Crippen molar-refractivity contribution in [2.24, 2.45) is 12.2 Å². The van der Waals surface area contributed by atoms with Crippen LogP contribution >= 0.6 is 0 Å². The third kappa shape index (κ3) is 2.05. The van der Waals surface area contributed by atoms with Crippen molar-refractivity contribution < 1.29 is 4.84 Å². The minimum atomic E-state index is 0.399. The molecule has 0 amide bonds. The summed E-state index contributed by atoms with van der Waals surface area (Å²) in [5, 5.41) is 3.89. The number of hydrogen-bond acceptors (Lipinski definition) is 3. The molecule has 0 bridgehead atoms. The molecule has 1 aromatic heterocycles. The van der Waals surface area contributed by atoms with Gasteiger partial charge >= 0.3 is 0 Å². The fraction of sp³-hybridized carbons (Fsp3) is 0.333. The van der Waals surface area contributed by atoms with Crippen LogP contribution in [0.4, 0.5) is 0 Å². The van der Waals surface area contributed by atoms with Crippen molar-refractivity contribution in [3.05, 3.63) is 30.1 Å². The van der Waals surface area contributed by atoms with Crippen LogP contribution in [-0.2, 0) is 18.5 Å². The summed E-state index contributed by atoms with van der Waals surface area (Å²) >= 11 is 0. The molecule has 0 atom stereocenters. The Balaban J connectivity index is 2.25. The van der Waals surface area contributed by atoms with E-state index in [2.05, 4.69) is 10.1 Å². The summed E-state index contributed by atoms with van der Waals surface area (Å²) in [4.78, 5) is 9.67. The Hall–Kier alpha value is -1.84. The number of oxime groups is 1. The molecule has 1 heterocycles. The average molecular weight is 217 g/mol. The van der Waals surface area contributed by atoms with Crippen LogP contribution < -0.4 is 0 Å². The largest absolute Gasteiger partial charge is 0.388 e. The van der Waals surface area contributed by atoms with Crippen molar-refractivity contribution in [1.29, 1.82) is 0 Å². The van der Waals surface area contributed by atoms with Gasteiger partial charge < -0.3 is 9.40 Å². The Morgan fingerprint density at radius 2 is 2.12 bits per heavy atom. The number of imidazole rings is 1. The lowest BCUT2D eigenvalue weighted by Crippen LogP contribution is -1.99. The van der Waals surface area contributed by atoms with Crippen LogP contribution in [0.5, 0.6) is 0 Å². The van der Waals surface area contributed by atoms with Gasteiger partial charge in [-0.1, -0.05) is 17.3 Å². The molecule has 0 saturated carbocycles. The molecule has 0 spiro atoms. The smallest absolute Gasteiger partial charge is 0.174 e. The highest BCUT2D eigenvalue weighted by atomic mass is 16.6. The fourth-order valence-corrected chi connectivity index (χ4v) is 1.54. The lowest BCUT2D eigenvalue weighted by atomic mass is 10.3. The SMILES string of the molecule is CC(C)=NOCc1nc2ccccc2n1C. The van der Waals surface area contributed by atoms with Gasteiger partial charge in [0.1, 0.15) is 0 Å². The van der Waals surface area contributed by atoms with E-state index >= 15 is 0 Å². The predicted octanol–water partition coefficient (Wildman–Crippen LogP) is 2.49. The lowest BCUT2D eigenvalue weighted by molar-refractivity contribution is 0.123. The van der Waals surface area contributed by atoms with Gasteiger partial charge in [-0.15, -0.1) is 0 Å². The van der Waals surface area contributed by atoms with Gasteiger partial charge in [-0.3, -0.25) is 0 Å². The molecular weight excluding hydrogens is 202 g/mol. The third-order valence-electron chi connectivity index (χ3n) is 2.32. The van der Waals surface area contributed by atoms with Crippen LogP contribution in [0.25, 0.3) is 11.0 Å². The molecule has 0 aliphatic heterocycles. The second-order valence-electron chi connectivity index (χ2n) is 3.89. The first-order valence-corrected chi connectivity index (χ1v) is 5.22. The minimum Gasteiger partial charge on any atom is -0.388 e. The number of benzene rings is 1. The van der Waals surface area contributed by atoms with Gasteiger partial charge in [0.2, 0.25) is 0 Å². The van der Waals surface area contributed by atoms with Crippen LogP contribution in [0, 0.1) is 0 Å². The molecule has 0 aliphatic carbocycles. The van der Waals surface area contributed by atoms with Crippen molar-refractivity contribution in [1.82, 2.24) is 9.55 Å². The number of fused-ring (bicyclic) bond motifs is 1. The number of para-hydroxylation sites is 2. The van der Waals surface area contributed by atoms with E-state index < -0.39 is 0 Å². The molecule has 0 radical (unpaired) electrons. The molecule has 0 fully saturated rings. The summed E-state index contributed by atoms with van der Waals surface area (Å²) in [5.41, 5.74) is 3.00. The summed E-state index contributed by atoms with van der Waals surface area (Å²) < 4.78 is 2.02. The minimum absolute atomic E-state index is 0.399. The second-order valence-corrected chi connectivity index (χ2v) is 3.89. The fourth-order valence-electron chi connectivity index (χ4n) is 1.54. The Morgan fingerprint density at radius 3 is 2.81 bits per heavy atom. The number of hydrogen-bond donors (Lipinski definition) is 0. The zero-order valence-corrected chi connectivity index (χ0v) is 9.77. The average Bonchev–Trinajstić information content (AvgIpc) is 2.56. The number of rotatable bonds is 3. The maximum atomic E-state index is 5.20. The van der Waals surface area contributed by atoms with Gasteiger partial charge in [-0.05, 0) is 26.0 Å². The Morgan fingerprint density at radius 1 is 1.38 bits per heavy atom. The monoisotopic (exact) mass is 217 g/mol. The van der Waals surface area contributed by atoms with Crippen LogP contribution in [0.1, 0.15) is 19.7 Å². The summed E-state index contributed by atoms with van der Waals surface area (Å²) in [6.45, 7) is 4.19. The van der Waals surface area contributed by atoms with E-state index in [-0.39, 0.29) is 0 Å². The van der Waals surface area contributed by atoms with Crippen LogP contribution in [0.2, 0.25) is 0 Å². The summed E-state index contributed by atoms with van der Waals surface area (Å²) in [7, 11) is 1.98. The quantitative estimate of drug-likeness (QED) is 0.585. The summed E-state index contributed by atoms with van der Waals surface area (Å²) in [6, 6.07) is 8.02. The van der Waals surface area contributed by atoms with E-state index in [1.54, 1.807) is 0 Å². The Kier molecular flexibility index (Phi) is 2.90. The zero-order chi connectivity index (χ0) is 11.5. The van der Waals surface area contributed by atoms with Gasteiger partial charge in [0.15, 0.2) is 12.4 Å². The predicted molar refractivity (Wildman–Crippen MR) is 64.3 cm³/mol. The number of nitrogens with zero attached hydrogens (tertiary/aromatic N) is 3. The van der Waals surface area contributed by atoms with Crippen molar-refractivity contribution in [2.45, 2.75) is 20.5 Å². The molecule has 0 N–H and O–H groups in total. The van der Waals surface area contributed by atoms with Crippen LogP contribution in [-0.4, -0.2) is 15.3 Å². The van der Waals surface area contributed by atoms with Crippen molar-refractivity contribution >= 4 is 16.7 Å². The van der Waals surface area contributed by atoms with Crippen molar-refractivity contribution in [3.63, 3.8) is 0 Å². The molecule has 4 nitrogen and oxygen atoms in total. The van der Waals surface area contributed by atoms with Gasteiger partial charge in [0.25, 0.3) is 0 Å². The van der Waals surface area contributed by atoms with E-state index in [0.717, 1.165) is 22.6 Å². The van der Waals surface area contributed by atoms with Gasteiger partial charge in [-0.2, -0.15) is 0 Å². The maximum Gasteiger partial charge on any atom is 0.174 e. The highest BCUT2D eigenvalue weighted by Crippen LogP contribution is 2.14. The molecule has 1 aromatic carbocycles. The molecule has 0 unspecified atom stereocenters. The van der Waals surface area contributed by atoms with Crippen LogP contribution in [0.3, 0.4) is 0 Å². The number of aromatic nitrogens is 2. The molecule has 0 saturated heterocycles. The Labute approximate surface area is 94.5 Å². The molecule has 4 heteroatoms. The molecule has 2 rings (SSSR count). The van der Waals surface area contributed by atoms with Gasteiger partial charge in [0, 0.05) is 7.05 Å². The highest BCUT2D eigenvalue weighted by molar-refractivity contribution is 5.78. The Bertz CT molecular complexity index is 524. The second kappa shape index (κ2) is 4.35. The lowest BCUT2D eigenvalue weighted by Gasteiger charge is -2.01. The summed E-state index contributed by atoms with van der Waals surface area (Å²) in [5.74, 6) is 0.881. The van der Waals surface area contributed by atoms with E-state index in [1.165, 1.54) is 0 Å². The first-order chi connectivity index (χ1) is 7.68. The summed E-state index contributed by atoms with van der Waals surface area (Å²) in [6.07, 6.45) is 0. The van der Waals surface area contributed by atoms with E-state index in [4.69, 9.17) is 4.84 Å². The first kappa shape index (κ1) is 10.7. The van der Waals surface area contributed by atoms with Gasteiger partial charge in [-0.25, -0.2) is 4.98 Å². The standard InChI is InChI=1S/C12H15N3O/c1-9(2)14-16-8-12-13-10-6-4-5-7-11(10)15(12)3/h4-7H,8H2,1-3H3. The van der Waals surface area contributed by atoms with Crippen LogP contribution in [0.15, 0.2) is 29.4 Å². The maximum absolute atomic E-state index is 5.20. The molecule has 84 valence electrons. The van der Waals surface area contributed by atoms with E-state index in [0.29, 0.717) is 6.61 Å². The molecule has 0 aliphatic rings. The van der Waals surface area contributed by atoms with Gasteiger partial charge in [0.05, 0.1) is 16.7 Å². The van der Waals surface area contributed by atoms with Crippen molar-refractivity contribution in [3.8, 4) is 0 Å².